The van der Waals surface area contributed by atoms with Crippen LogP contribution in [0.3, 0.4) is 0 Å². The van der Waals surface area contributed by atoms with E-state index in [4.69, 9.17) is 5.11 Å². The smallest absolute Gasteiger partial charge is 0.185 e. The first-order valence-corrected chi connectivity index (χ1v) is 13.4. The summed E-state index contributed by atoms with van der Waals surface area (Å²) in [5.41, 5.74) is 0. The second-order valence-electron chi connectivity index (χ2n) is 9.73. The monoisotopic (exact) mass is 588 g/mol. The average molecular weight is 589 g/mol. The Balaban J connectivity index is 5.50. The highest BCUT2D eigenvalue weighted by Gasteiger charge is 2.21. The van der Waals surface area contributed by atoms with Gasteiger partial charge in [0.1, 0.15) is 0 Å². The van der Waals surface area contributed by atoms with Crippen LogP contribution in [0.15, 0.2) is 12.0 Å². The molecule has 0 bridgehead atoms. The summed E-state index contributed by atoms with van der Waals surface area (Å²) in [4.78, 5) is 6.57. The summed E-state index contributed by atoms with van der Waals surface area (Å²) in [6.07, 6.45) is -4.31. The molecule has 0 aromatic rings. The molecule has 12 N–H and O–H groups in total. The van der Waals surface area contributed by atoms with Crippen LogP contribution in [-0.2, 0) is 0 Å². The molecule has 0 heterocycles. The largest absolute Gasteiger partial charge is 0.495 e. The van der Waals surface area contributed by atoms with Crippen LogP contribution in [0.1, 0.15) is 0 Å². The van der Waals surface area contributed by atoms with E-state index < -0.39 is 70.2 Å². The molecule has 0 saturated heterocycles. The van der Waals surface area contributed by atoms with Gasteiger partial charge in [0.15, 0.2) is 5.88 Å². The van der Waals surface area contributed by atoms with Crippen LogP contribution in [0, 0.1) is 0 Å². The van der Waals surface area contributed by atoms with Crippen molar-refractivity contribution in [3.8, 4) is 0 Å². The van der Waals surface area contributed by atoms with E-state index in [0.29, 0.717) is 19.6 Å². The van der Waals surface area contributed by atoms with E-state index in [1.54, 1.807) is 14.7 Å². The van der Waals surface area contributed by atoms with E-state index in [-0.39, 0.29) is 58.2 Å². The normalized spacial score (nSPS) is 16.5. The SMILES string of the molecule is OC/C=C(/O)N(CCN(CCN(CCN(CC(O)CO)CC(O)CO)CC(O)CO)CC(O)CO)CC(O)CO. The van der Waals surface area contributed by atoms with Gasteiger partial charge in [-0.25, -0.2) is 0 Å². The van der Waals surface area contributed by atoms with Crippen molar-refractivity contribution in [2.24, 2.45) is 0 Å². The third-order valence-corrected chi connectivity index (χ3v) is 6.11. The highest BCUT2D eigenvalue weighted by molar-refractivity contribution is 4.92. The summed E-state index contributed by atoms with van der Waals surface area (Å²) < 4.78 is 0. The van der Waals surface area contributed by atoms with Crippen LogP contribution in [0.2, 0.25) is 0 Å². The fraction of sp³-hybridized carbons (Fsp3) is 0.917. The minimum Gasteiger partial charge on any atom is -0.495 e. The van der Waals surface area contributed by atoms with Crippen molar-refractivity contribution in [3.63, 3.8) is 0 Å². The Bertz CT molecular complexity index is 627. The van der Waals surface area contributed by atoms with E-state index in [2.05, 4.69) is 0 Å². The lowest BCUT2D eigenvalue weighted by Gasteiger charge is -2.33. The number of hydrogen-bond donors (Lipinski definition) is 12. The molecule has 0 aromatic carbocycles. The number of hydrogen-bond acceptors (Lipinski definition) is 16. The van der Waals surface area contributed by atoms with Crippen molar-refractivity contribution in [3.05, 3.63) is 12.0 Å². The van der Waals surface area contributed by atoms with Crippen LogP contribution in [-0.4, -0.2) is 223 Å². The van der Waals surface area contributed by atoms with Crippen LogP contribution in [0.5, 0.6) is 0 Å². The first kappa shape index (κ1) is 38.8. The van der Waals surface area contributed by atoms with Crippen molar-refractivity contribution >= 4 is 0 Å². The van der Waals surface area contributed by atoms with Gasteiger partial charge >= 0.3 is 0 Å². The quantitative estimate of drug-likeness (QED) is 0.0419. The molecule has 0 rings (SSSR count). The second-order valence-corrected chi connectivity index (χ2v) is 9.73. The molecule has 0 spiro atoms. The molecule has 16 heteroatoms. The van der Waals surface area contributed by atoms with Crippen molar-refractivity contribution in [2.75, 3.05) is 112 Å². The van der Waals surface area contributed by atoms with Gasteiger partial charge in [0.05, 0.1) is 70.2 Å². The van der Waals surface area contributed by atoms with Gasteiger partial charge in [0.2, 0.25) is 0 Å². The summed E-state index contributed by atoms with van der Waals surface area (Å²) >= 11 is 0. The predicted molar refractivity (Wildman–Crippen MR) is 144 cm³/mol. The van der Waals surface area contributed by atoms with E-state index in [1.807, 2.05) is 0 Å². The molecule has 0 radical (unpaired) electrons. The van der Waals surface area contributed by atoms with E-state index in [9.17, 15) is 56.2 Å². The number of aliphatic hydroxyl groups is 12. The molecule has 16 nitrogen and oxygen atoms in total. The highest BCUT2D eigenvalue weighted by Crippen LogP contribution is 2.06. The fourth-order valence-corrected chi connectivity index (χ4v) is 3.92. The molecular weight excluding hydrogens is 536 g/mol. The molecule has 5 unspecified atom stereocenters. The molecule has 0 amide bonds. The van der Waals surface area contributed by atoms with Gasteiger partial charge in [-0.3, -0.25) is 14.7 Å². The number of rotatable bonds is 26. The van der Waals surface area contributed by atoms with Gasteiger partial charge in [-0.1, -0.05) is 0 Å². The minimum absolute atomic E-state index is 0.0269. The van der Waals surface area contributed by atoms with Crippen molar-refractivity contribution in [1.82, 2.24) is 19.6 Å². The molecule has 240 valence electrons. The summed E-state index contributed by atoms with van der Waals surface area (Å²) in [7, 11) is 0. The second kappa shape index (κ2) is 23.4. The number of nitrogens with zero attached hydrogens (tertiary/aromatic N) is 4. The van der Waals surface area contributed by atoms with Gasteiger partial charge in [-0.05, 0) is 0 Å². The Kier molecular flexibility index (Phi) is 22.6. The molecule has 0 aromatic heterocycles. The van der Waals surface area contributed by atoms with Crippen LogP contribution in [0.25, 0.3) is 0 Å². The minimum atomic E-state index is -1.15. The van der Waals surface area contributed by atoms with Crippen LogP contribution >= 0.6 is 0 Å². The third kappa shape index (κ3) is 18.3. The van der Waals surface area contributed by atoms with Crippen molar-refractivity contribution in [2.45, 2.75) is 30.5 Å². The summed E-state index contributed by atoms with van der Waals surface area (Å²) in [6, 6.07) is 0. The maximum Gasteiger partial charge on any atom is 0.185 e. The zero-order valence-corrected chi connectivity index (χ0v) is 23.1. The topological polar surface area (TPSA) is 256 Å². The Labute approximate surface area is 235 Å². The molecule has 0 fully saturated rings. The van der Waals surface area contributed by atoms with E-state index in [1.165, 1.54) is 4.90 Å². The molecule has 0 aliphatic carbocycles. The van der Waals surface area contributed by atoms with Gasteiger partial charge in [-0.2, -0.15) is 0 Å². The third-order valence-electron chi connectivity index (χ3n) is 6.11. The summed E-state index contributed by atoms with van der Waals surface area (Å²) in [6.45, 7) is -1.37. The van der Waals surface area contributed by atoms with Gasteiger partial charge in [-0.15, -0.1) is 0 Å². The van der Waals surface area contributed by atoms with Crippen molar-refractivity contribution < 1.29 is 61.3 Å². The van der Waals surface area contributed by atoms with Crippen molar-refractivity contribution in [1.29, 1.82) is 0 Å². The summed E-state index contributed by atoms with van der Waals surface area (Å²) in [5.74, 6) is -0.305. The first-order valence-electron chi connectivity index (χ1n) is 13.4. The van der Waals surface area contributed by atoms with Gasteiger partial charge < -0.3 is 66.2 Å². The molecule has 5 atom stereocenters. The Hall–Kier alpha value is -1.22. The molecule has 0 aliphatic rings. The number of aliphatic hydroxyl groups excluding tert-OH is 12. The van der Waals surface area contributed by atoms with Crippen LogP contribution < -0.4 is 0 Å². The lowest BCUT2D eigenvalue weighted by atomic mass is 10.2. The molecule has 0 saturated carbocycles. The predicted octanol–water partition coefficient (Wildman–Crippen LogP) is -6.65. The highest BCUT2D eigenvalue weighted by atomic mass is 16.3. The van der Waals surface area contributed by atoms with Gasteiger partial charge in [0, 0.05) is 78.1 Å². The standard InChI is InChI=1S/C24H52N4O12/c29-8-1-24(40)28(13-23(39)18-34)7-6-26(10-20(36)15-31)3-2-25(9-19(35)14-30)4-5-27(11-21(37)16-32)12-22(38)17-33/h1,19-23,29-40H,2-18H2/b24-1+. The zero-order chi connectivity index (χ0) is 30.5. The van der Waals surface area contributed by atoms with E-state index >= 15 is 0 Å². The maximum absolute atomic E-state index is 10.2. The first-order chi connectivity index (χ1) is 19.0. The molecular formula is C24H52N4O12. The average Bonchev–Trinajstić information content (AvgIpc) is 2.95. The Morgan fingerprint density at radius 3 is 1.10 bits per heavy atom. The van der Waals surface area contributed by atoms with Crippen LogP contribution in [0.4, 0.5) is 0 Å². The van der Waals surface area contributed by atoms with E-state index in [0.717, 1.165) is 6.08 Å². The maximum atomic E-state index is 10.2. The molecule has 0 aliphatic heterocycles. The fourth-order valence-electron chi connectivity index (χ4n) is 3.92. The Morgan fingerprint density at radius 2 is 0.750 bits per heavy atom. The lowest BCUT2D eigenvalue weighted by Crippen LogP contribution is -2.48. The zero-order valence-electron chi connectivity index (χ0n) is 23.1. The lowest BCUT2D eigenvalue weighted by molar-refractivity contribution is 0.0126. The Morgan fingerprint density at radius 1 is 0.450 bits per heavy atom. The van der Waals surface area contributed by atoms with Gasteiger partial charge in [0.25, 0.3) is 0 Å². The molecule has 40 heavy (non-hydrogen) atoms. The summed E-state index contributed by atoms with van der Waals surface area (Å²) in [5, 5.41) is 115.